The van der Waals surface area contributed by atoms with Crippen LogP contribution in [0, 0.1) is 0 Å². The first-order valence-electron chi connectivity index (χ1n) is 15.5. The van der Waals surface area contributed by atoms with Crippen molar-refractivity contribution in [2.24, 2.45) is 0 Å². The molecule has 0 aliphatic carbocycles. The van der Waals surface area contributed by atoms with E-state index in [1.807, 2.05) is 42.5 Å². The Labute approximate surface area is 266 Å². The molecule has 3 nitrogen and oxygen atoms in total. The SMILES string of the molecule is c1ccc(-c2nc3c(-c4ccc(N(c5ccccc5)c5ccc6c(ccc7c8ccccc8ccc67)c5)cc4)cccc3o2)cc1. The molecule has 216 valence electrons. The highest BCUT2D eigenvalue weighted by Crippen LogP contribution is 2.40. The van der Waals surface area contributed by atoms with Crippen molar-refractivity contribution >= 4 is 60.5 Å². The van der Waals surface area contributed by atoms with Crippen LogP contribution in [0.15, 0.2) is 174 Å². The van der Waals surface area contributed by atoms with Crippen LogP contribution in [0.3, 0.4) is 0 Å². The largest absolute Gasteiger partial charge is 0.436 e. The van der Waals surface area contributed by atoms with Gasteiger partial charge in [-0.2, -0.15) is 0 Å². The summed E-state index contributed by atoms with van der Waals surface area (Å²) in [6.45, 7) is 0. The Bertz CT molecular complexity index is 2520. The van der Waals surface area contributed by atoms with Gasteiger partial charge in [0.25, 0.3) is 0 Å². The topological polar surface area (TPSA) is 29.3 Å². The van der Waals surface area contributed by atoms with E-state index in [-0.39, 0.29) is 0 Å². The number of nitrogens with zero attached hydrogens (tertiary/aromatic N) is 2. The molecule has 0 N–H and O–H groups in total. The van der Waals surface area contributed by atoms with E-state index in [0.717, 1.165) is 44.9 Å². The van der Waals surface area contributed by atoms with Crippen molar-refractivity contribution in [2.45, 2.75) is 0 Å². The zero-order chi connectivity index (χ0) is 30.5. The zero-order valence-electron chi connectivity index (χ0n) is 25.0. The lowest BCUT2D eigenvalue weighted by molar-refractivity contribution is 0.620. The first-order chi connectivity index (χ1) is 22.8. The molecular formula is C43H28N2O. The molecule has 0 saturated heterocycles. The van der Waals surface area contributed by atoms with Gasteiger partial charge >= 0.3 is 0 Å². The van der Waals surface area contributed by atoms with Crippen LogP contribution in [0.2, 0.25) is 0 Å². The number of hydrogen-bond donors (Lipinski definition) is 0. The Kier molecular flexibility index (Phi) is 6.14. The molecule has 0 amide bonds. The minimum Gasteiger partial charge on any atom is -0.436 e. The van der Waals surface area contributed by atoms with E-state index < -0.39 is 0 Å². The second-order valence-electron chi connectivity index (χ2n) is 11.6. The third-order valence-electron chi connectivity index (χ3n) is 8.87. The number of aromatic nitrogens is 1. The molecule has 3 heteroatoms. The molecule has 9 aromatic rings. The number of anilines is 3. The maximum absolute atomic E-state index is 6.16. The zero-order valence-corrected chi connectivity index (χ0v) is 25.0. The van der Waals surface area contributed by atoms with E-state index in [9.17, 15) is 0 Å². The quantitative estimate of drug-likeness (QED) is 0.187. The summed E-state index contributed by atoms with van der Waals surface area (Å²) in [5.74, 6) is 0.632. The van der Waals surface area contributed by atoms with Crippen LogP contribution in [0.4, 0.5) is 17.1 Å². The lowest BCUT2D eigenvalue weighted by atomic mass is 9.96. The van der Waals surface area contributed by atoms with E-state index in [1.165, 1.54) is 32.3 Å². The first kappa shape index (κ1) is 26.2. The van der Waals surface area contributed by atoms with Crippen LogP contribution in [-0.4, -0.2) is 4.98 Å². The first-order valence-corrected chi connectivity index (χ1v) is 15.5. The second-order valence-corrected chi connectivity index (χ2v) is 11.6. The van der Waals surface area contributed by atoms with Gasteiger partial charge in [0.2, 0.25) is 5.89 Å². The van der Waals surface area contributed by atoms with Crippen molar-refractivity contribution in [1.29, 1.82) is 0 Å². The maximum Gasteiger partial charge on any atom is 0.227 e. The van der Waals surface area contributed by atoms with Gasteiger partial charge in [-0.05, 0) is 92.5 Å². The summed E-state index contributed by atoms with van der Waals surface area (Å²) in [6.07, 6.45) is 0. The van der Waals surface area contributed by atoms with Gasteiger partial charge in [-0.25, -0.2) is 4.98 Å². The molecule has 0 aliphatic rings. The lowest BCUT2D eigenvalue weighted by Gasteiger charge is -2.26. The Hall–Kier alpha value is -6.19. The monoisotopic (exact) mass is 588 g/mol. The fraction of sp³-hybridized carbons (Fsp3) is 0. The Balaban J connectivity index is 1.13. The predicted octanol–water partition coefficient (Wildman–Crippen LogP) is 12.1. The van der Waals surface area contributed by atoms with Gasteiger partial charge in [0.15, 0.2) is 5.58 Å². The molecule has 0 aliphatic heterocycles. The number of fused-ring (bicyclic) bond motifs is 6. The van der Waals surface area contributed by atoms with Crippen LogP contribution in [0.25, 0.3) is 66.0 Å². The highest BCUT2D eigenvalue weighted by molar-refractivity contribution is 6.17. The minimum atomic E-state index is 0.632. The summed E-state index contributed by atoms with van der Waals surface area (Å²) in [5.41, 5.74) is 8.05. The number of hydrogen-bond acceptors (Lipinski definition) is 3. The minimum absolute atomic E-state index is 0.632. The number of rotatable bonds is 5. The van der Waals surface area contributed by atoms with E-state index in [1.54, 1.807) is 0 Å². The van der Waals surface area contributed by atoms with E-state index >= 15 is 0 Å². The summed E-state index contributed by atoms with van der Waals surface area (Å²) in [6, 6.07) is 59.9. The highest BCUT2D eigenvalue weighted by atomic mass is 16.3. The van der Waals surface area contributed by atoms with Gasteiger partial charge in [-0.3, -0.25) is 0 Å². The second kappa shape index (κ2) is 10.8. The molecule has 1 heterocycles. The number of benzene rings is 8. The van der Waals surface area contributed by atoms with Gasteiger partial charge in [-0.1, -0.05) is 115 Å². The van der Waals surface area contributed by atoms with Gasteiger partial charge < -0.3 is 9.32 Å². The summed E-state index contributed by atoms with van der Waals surface area (Å²) in [5, 5.41) is 7.58. The molecule has 0 spiro atoms. The van der Waals surface area contributed by atoms with Crippen molar-refractivity contribution in [2.75, 3.05) is 4.90 Å². The van der Waals surface area contributed by atoms with Crippen molar-refractivity contribution in [3.05, 3.63) is 170 Å². The van der Waals surface area contributed by atoms with Crippen molar-refractivity contribution in [3.63, 3.8) is 0 Å². The van der Waals surface area contributed by atoms with E-state index in [2.05, 4.69) is 132 Å². The molecule has 46 heavy (non-hydrogen) atoms. The normalized spacial score (nSPS) is 11.5. The third kappa shape index (κ3) is 4.41. The number of para-hydroxylation sites is 2. The fourth-order valence-electron chi connectivity index (χ4n) is 6.66. The number of oxazole rings is 1. The van der Waals surface area contributed by atoms with Crippen LogP contribution in [-0.2, 0) is 0 Å². The van der Waals surface area contributed by atoms with Gasteiger partial charge in [-0.15, -0.1) is 0 Å². The lowest BCUT2D eigenvalue weighted by Crippen LogP contribution is -2.09. The molecule has 8 aromatic carbocycles. The van der Waals surface area contributed by atoms with Crippen LogP contribution >= 0.6 is 0 Å². The maximum atomic E-state index is 6.16. The summed E-state index contributed by atoms with van der Waals surface area (Å²) < 4.78 is 6.16. The molecule has 0 fully saturated rings. The average molecular weight is 589 g/mol. The molecule has 0 unspecified atom stereocenters. The molecule has 1 aromatic heterocycles. The standard InChI is InChI=1S/C43H28N2O/c1-3-11-31(12-4-1)43-44-42-38(16-9-17-41(42)46-43)30-18-22-34(23-19-30)45(33-13-5-2-6-14-33)35-24-27-37-32(28-35)21-26-39-36-15-8-7-10-29(36)20-25-40(37)39/h1-28H. The molecule has 0 saturated carbocycles. The van der Waals surface area contributed by atoms with Crippen LogP contribution in [0.5, 0.6) is 0 Å². The van der Waals surface area contributed by atoms with Crippen LogP contribution in [0.1, 0.15) is 0 Å². The smallest absolute Gasteiger partial charge is 0.227 e. The van der Waals surface area contributed by atoms with E-state index in [0.29, 0.717) is 5.89 Å². The molecular weight excluding hydrogens is 560 g/mol. The van der Waals surface area contributed by atoms with Gasteiger partial charge in [0.1, 0.15) is 5.52 Å². The van der Waals surface area contributed by atoms with Crippen molar-refractivity contribution < 1.29 is 4.42 Å². The summed E-state index contributed by atoms with van der Waals surface area (Å²) in [7, 11) is 0. The molecule has 0 radical (unpaired) electrons. The molecule has 9 rings (SSSR count). The van der Waals surface area contributed by atoms with Gasteiger partial charge in [0, 0.05) is 28.2 Å². The highest BCUT2D eigenvalue weighted by Gasteiger charge is 2.16. The Morgan fingerprint density at radius 3 is 1.85 bits per heavy atom. The van der Waals surface area contributed by atoms with E-state index in [4.69, 9.17) is 9.40 Å². The third-order valence-corrected chi connectivity index (χ3v) is 8.87. The summed E-state index contributed by atoms with van der Waals surface area (Å²) >= 11 is 0. The average Bonchev–Trinajstić information content (AvgIpc) is 3.58. The van der Waals surface area contributed by atoms with Crippen molar-refractivity contribution in [3.8, 4) is 22.6 Å². The van der Waals surface area contributed by atoms with Crippen molar-refractivity contribution in [1.82, 2.24) is 4.98 Å². The molecule has 0 atom stereocenters. The van der Waals surface area contributed by atoms with Gasteiger partial charge in [0.05, 0.1) is 0 Å². The summed E-state index contributed by atoms with van der Waals surface area (Å²) in [4.78, 5) is 7.22. The predicted molar refractivity (Wildman–Crippen MR) is 192 cm³/mol. The Morgan fingerprint density at radius 2 is 1.04 bits per heavy atom. The van der Waals surface area contributed by atoms with Crippen LogP contribution < -0.4 is 4.90 Å². The molecule has 0 bridgehead atoms. The Morgan fingerprint density at radius 1 is 0.413 bits per heavy atom. The fourth-order valence-corrected chi connectivity index (χ4v) is 6.66.